The lowest BCUT2D eigenvalue weighted by atomic mass is 9.93. The molecule has 196 valence electrons. The van der Waals surface area contributed by atoms with E-state index in [0.29, 0.717) is 13.0 Å². The van der Waals surface area contributed by atoms with Crippen LogP contribution in [-0.4, -0.2) is 90.2 Å². The molecule has 1 N–H and O–H groups in total. The molecule has 2 aliphatic heterocycles. The SMILES string of the molecule is CC(C)(C)OC(=O)NCCCN1CCN(CCCN2C=c3cccc4c3=C(C=C([N+](=O)[O-])C4)C2)CC1. The average Bonchev–Trinajstić information content (AvgIpc) is 2.81. The fourth-order valence-corrected chi connectivity index (χ4v) is 5.17. The summed E-state index contributed by atoms with van der Waals surface area (Å²) in [5.74, 6) is 0. The smallest absolute Gasteiger partial charge is 0.407 e. The van der Waals surface area contributed by atoms with Gasteiger partial charge in [-0.1, -0.05) is 18.2 Å². The summed E-state index contributed by atoms with van der Waals surface area (Å²) in [5.41, 5.74) is 1.95. The Hall–Kier alpha value is -2.91. The summed E-state index contributed by atoms with van der Waals surface area (Å²) in [4.78, 5) is 30.2. The Balaban J connectivity index is 1.16. The zero-order valence-corrected chi connectivity index (χ0v) is 21.8. The van der Waals surface area contributed by atoms with E-state index < -0.39 is 5.60 Å². The molecule has 1 aromatic carbocycles. The number of piperazine rings is 1. The number of nitrogens with one attached hydrogen (secondary N) is 1. The minimum absolute atomic E-state index is 0.248. The van der Waals surface area contributed by atoms with Crippen molar-refractivity contribution in [3.8, 4) is 0 Å². The molecule has 2 heterocycles. The van der Waals surface area contributed by atoms with Gasteiger partial charge in [0.05, 0.1) is 11.3 Å². The predicted molar refractivity (Wildman–Crippen MR) is 140 cm³/mol. The Morgan fingerprint density at radius 2 is 1.78 bits per heavy atom. The van der Waals surface area contributed by atoms with Gasteiger partial charge in [0.15, 0.2) is 0 Å². The number of carbonyl (C=O) groups excluding carboxylic acids is 1. The summed E-state index contributed by atoms with van der Waals surface area (Å²) in [6, 6.07) is 6.12. The molecule has 0 unspecified atom stereocenters. The van der Waals surface area contributed by atoms with Gasteiger partial charge in [0.25, 0.3) is 5.70 Å². The predicted octanol–water partition coefficient (Wildman–Crippen LogP) is 1.53. The Bertz CT molecular complexity index is 1120. The lowest BCUT2D eigenvalue weighted by Gasteiger charge is -2.35. The van der Waals surface area contributed by atoms with Crippen LogP contribution in [0.15, 0.2) is 30.0 Å². The van der Waals surface area contributed by atoms with Crippen molar-refractivity contribution >= 4 is 17.9 Å². The standard InChI is InChI=1S/C27H39N5O4/c1-27(2,3)36-26(33)28-9-5-10-29-13-15-30(16-14-29)11-6-12-31-19-22-8-4-7-21-17-24(32(34)35)18-23(20-31)25(21)22/h4,7-8,18-19H,5-6,9-17,20H2,1-3H3,(H,28,33). The summed E-state index contributed by atoms with van der Waals surface area (Å²) in [6.07, 6.45) is 6.03. The first-order chi connectivity index (χ1) is 17.2. The first-order valence-electron chi connectivity index (χ1n) is 13.0. The van der Waals surface area contributed by atoms with Crippen molar-refractivity contribution in [3.05, 3.63) is 56.1 Å². The lowest BCUT2D eigenvalue weighted by molar-refractivity contribution is -0.427. The second kappa shape index (κ2) is 11.4. The highest BCUT2D eigenvalue weighted by Gasteiger charge is 2.23. The molecule has 0 radical (unpaired) electrons. The summed E-state index contributed by atoms with van der Waals surface area (Å²) in [7, 11) is 0. The third-order valence-electron chi connectivity index (χ3n) is 6.85. The van der Waals surface area contributed by atoms with Gasteiger partial charge in [-0.3, -0.25) is 10.1 Å². The number of hydrogen-bond donors (Lipinski definition) is 1. The summed E-state index contributed by atoms with van der Waals surface area (Å²) in [6.45, 7) is 14.1. The minimum atomic E-state index is -0.465. The zero-order chi connectivity index (χ0) is 25.7. The average molecular weight is 498 g/mol. The number of carbonyl (C=O) groups is 1. The quantitative estimate of drug-likeness (QED) is 0.314. The van der Waals surface area contributed by atoms with E-state index in [2.05, 4.69) is 32.3 Å². The van der Waals surface area contributed by atoms with E-state index in [9.17, 15) is 14.9 Å². The number of rotatable bonds is 9. The molecule has 0 bridgehead atoms. The molecular formula is C27H39N5O4. The molecular weight excluding hydrogens is 458 g/mol. The van der Waals surface area contributed by atoms with Crippen LogP contribution in [0.2, 0.25) is 0 Å². The maximum Gasteiger partial charge on any atom is 0.407 e. The van der Waals surface area contributed by atoms with Crippen LogP contribution >= 0.6 is 0 Å². The second-order valence-electron chi connectivity index (χ2n) is 10.9. The fraction of sp³-hybridized carbons (Fsp3) is 0.593. The Kier molecular flexibility index (Phi) is 8.31. The number of ether oxygens (including phenoxy) is 1. The number of alkyl carbamates (subject to hydrolysis) is 1. The number of nitrogens with zero attached hydrogens (tertiary/aromatic N) is 4. The number of amides is 1. The van der Waals surface area contributed by atoms with Crippen LogP contribution in [-0.2, 0) is 11.2 Å². The van der Waals surface area contributed by atoms with E-state index >= 15 is 0 Å². The van der Waals surface area contributed by atoms with Crippen molar-refractivity contribution in [2.75, 3.05) is 58.9 Å². The minimum Gasteiger partial charge on any atom is -0.444 e. The van der Waals surface area contributed by atoms with E-state index in [1.807, 2.05) is 32.9 Å². The third-order valence-corrected chi connectivity index (χ3v) is 6.85. The molecule has 1 aromatic rings. The zero-order valence-electron chi connectivity index (χ0n) is 21.8. The van der Waals surface area contributed by atoms with Crippen LogP contribution < -0.4 is 15.8 Å². The van der Waals surface area contributed by atoms with Crippen molar-refractivity contribution in [1.82, 2.24) is 20.0 Å². The van der Waals surface area contributed by atoms with Crippen LogP contribution in [0.3, 0.4) is 0 Å². The van der Waals surface area contributed by atoms with E-state index in [1.54, 1.807) is 6.08 Å². The van der Waals surface area contributed by atoms with Crippen molar-refractivity contribution in [2.24, 2.45) is 0 Å². The molecule has 0 saturated carbocycles. The highest BCUT2D eigenvalue weighted by molar-refractivity contribution is 5.67. The van der Waals surface area contributed by atoms with Crippen LogP contribution in [0.25, 0.3) is 11.8 Å². The summed E-state index contributed by atoms with van der Waals surface area (Å²) >= 11 is 0. The number of nitro groups is 1. The molecule has 0 atom stereocenters. The maximum absolute atomic E-state index is 11.7. The molecule has 0 spiro atoms. The lowest BCUT2D eigenvalue weighted by Crippen LogP contribution is -2.47. The highest BCUT2D eigenvalue weighted by Crippen LogP contribution is 2.17. The third kappa shape index (κ3) is 7.07. The van der Waals surface area contributed by atoms with E-state index in [0.717, 1.165) is 76.3 Å². The van der Waals surface area contributed by atoms with Gasteiger partial charge in [0.1, 0.15) is 5.60 Å². The number of allylic oxidation sites excluding steroid dienone is 1. The van der Waals surface area contributed by atoms with Gasteiger partial charge < -0.3 is 24.8 Å². The van der Waals surface area contributed by atoms with Gasteiger partial charge in [-0.25, -0.2) is 4.79 Å². The molecule has 4 rings (SSSR count). The van der Waals surface area contributed by atoms with Crippen molar-refractivity contribution in [3.63, 3.8) is 0 Å². The Labute approximate surface area is 213 Å². The summed E-state index contributed by atoms with van der Waals surface area (Å²) < 4.78 is 5.27. The Morgan fingerprint density at radius 1 is 1.08 bits per heavy atom. The molecule has 1 saturated heterocycles. The van der Waals surface area contributed by atoms with Crippen molar-refractivity contribution in [1.29, 1.82) is 0 Å². The topological polar surface area (TPSA) is 91.2 Å². The normalized spacial score (nSPS) is 18.2. The van der Waals surface area contributed by atoms with Crippen molar-refractivity contribution in [2.45, 2.75) is 45.6 Å². The molecule has 3 aliphatic rings. The molecule has 9 nitrogen and oxygen atoms in total. The molecule has 9 heteroatoms. The van der Waals surface area contributed by atoms with Crippen LogP contribution in [0.4, 0.5) is 4.79 Å². The highest BCUT2D eigenvalue weighted by atomic mass is 16.6. The second-order valence-corrected chi connectivity index (χ2v) is 10.9. The molecule has 36 heavy (non-hydrogen) atoms. The van der Waals surface area contributed by atoms with Gasteiger partial charge >= 0.3 is 6.09 Å². The van der Waals surface area contributed by atoms with Crippen LogP contribution in [0, 0.1) is 10.1 Å². The van der Waals surface area contributed by atoms with Gasteiger partial charge in [0.2, 0.25) is 0 Å². The maximum atomic E-state index is 11.7. The van der Waals surface area contributed by atoms with Crippen LogP contribution in [0.1, 0.15) is 39.2 Å². The fourth-order valence-electron chi connectivity index (χ4n) is 5.17. The van der Waals surface area contributed by atoms with Crippen LogP contribution in [0.5, 0.6) is 0 Å². The Morgan fingerprint density at radius 3 is 2.44 bits per heavy atom. The molecule has 1 amide bonds. The van der Waals surface area contributed by atoms with Gasteiger partial charge in [-0.05, 0) is 68.3 Å². The largest absolute Gasteiger partial charge is 0.444 e. The monoisotopic (exact) mass is 497 g/mol. The summed E-state index contributed by atoms with van der Waals surface area (Å²) in [5, 5.41) is 16.6. The molecule has 1 aliphatic carbocycles. The van der Waals surface area contributed by atoms with E-state index in [1.165, 1.54) is 10.4 Å². The van der Waals surface area contributed by atoms with Gasteiger partial charge in [-0.15, -0.1) is 0 Å². The van der Waals surface area contributed by atoms with Gasteiger partial charge in [-0.2, -0.15) is 0 Å². The first-order valence-corrected chi connectivity index (χ1v) is 13.0. The van der Waals surface area contributed by atoms with E-state index in [4.69, 9.17) is 4.74 Å². The number of benzene rings is 1. The first kappa shape index (κ1) is 26.2. The number of hydrogen-bond acceptors (Lipinski definition) is 7. The van der Waals surface area contributed by atoms with E-state index in [-0.39, 0.29) is 16.7 Å². The molecule has 1 fully saturated rings. The molecule has 0 aromatic heterocycles. The van der Waals surface area contributed by atoms with Crippen molar-refractivity contribution < 1.29 is 14.5 Å². The van der Waals surface area contributed by atoms with Gasteiger partial charge in [0, 0.05) is 58.1 Å².